The summed E-state index contributed by atoms with van der Waals surface area (Å²) in [4.78, 5) is 0. The molecule has 0 radical (unpaired) electrons. The molecule has 1 unspecified atom stereocenters. The zero-order valence-corrected chi connectivity index (χ0v) is 7.66. The van der Waals surface area contributed by atoms with Gasteiger partial charge in [-0.2, -0.15) is 0 Å². The number of ether oxygens (including phenoxy) is 1. The van der Waals surface area contributed by atoms with E-state index < -0.39 is 6.17 Å². The molecule has 2 nitrogen and oxygen atoms in total. The molecule has 0 spiro atoms. The average Bonchev–Trinajstić information content (AvgIpc) is 2.14. The number of benzene rings is 1. The maximum Gasteiger partial charge on any atom is 0.146 e. The molecular weight excluding hydrogens is 169 g/mol. The van der Waals surface area contributed by atoms with Crippen LogP contribution in [0.5, 0.6) is 5.75 Å². The first-order valence-corrected chi connectivity index (χ1v) is 4.26. The number of rotatable bonds is 4. The smallest absolute Gasteiger partial charge is 0.146 e. The first kappa shape index (κ1) is 9.99. The monoisotopic (exact) mass is 183 g/mol. The lowest BCUT2D eigenvalue weighted by atomic mass is 10.2. The van der Waals surface area contributed by atoms with Crippen LogP contribution in [0.4, 0.5) is 4.39 Å². The third-order valence-electron chi connectivity index (χ3n) is 1.68. The highest BCUT2D eigenvalue weighted by Gasteiger charge is 2.03. The molecule has 2 N–H and O–H groups in total. The number of alkyl halides is 1. The second kappa shape index (κ2) is 4.82. The summed E-state index contributed by atoms with van der Waals surface area (Å²) in [5.41, 5.74) is 6.21. The molecule has 0 aliphatic rings. The standard InChI is InChI=1S/C10H14FNO/c1-8-3-2-4-10(5-8)13-7-9(11)6-12/h2-5,9H,6-7,12H2,1H3. The Bertz CT molecular complexity index is 265. The fourth-order valence-electron chi connectivity index (χ4n) is 0.960. The van der Waals surface area contributed by atoms with Gasteiger partial charge in [-0.25, -0.2) is 4.39 Å². The predicted octanol–water partition coefficient (Wildman–Crippen LogP) is 1.67. The molecular formula is C10H14FNO. The fraction of sp³-hybridized carbons (Fsp3) is 0.400. The molecule has 0 heterocycles. The zero-order chi connectivity index (χ0) is 9.68. The van der Waals surface area contributed by atoms with E-state index in [0.29, 0.717) is 5.75 Å². The van der Waals surface area contributed by atoms with Crippen LogP contribution < -0.4 is 10.5 Å². The van der Waals surface area contributed by atoms with Gasteiger partial charge in [0.05, 0.1) is 0 Å². The zero-order valence-electron chi connectivity index (χ0n) is 7.66. The maximum absolute atomic E-state index is 12.7. The van der Waals surface area contributed by atoms with Gasteiger partial charge >= 0.3 is 0 Å². The SMILES string of the molecule is Cc1cccc(OCC(F)CN)c1. The van der Waals surface area contributed by atoms with E-state index in [1.807, 2.05) is 25.1 Å². The van der Waals surface area contributed by atoms with Crippen LogP contribution in [0.2, 0.25) is 0 Å². The van der Waals surface area contributed by atoms with Crippen molar-refractivity contribution in [1.82, 2.24) is 0 Å². The molecule has 1 rings (SSSR count). The maximum atomic E-state index is 12.7. The Kier molecular flexibility index (Phi) is 3.71. The molecule has 0 aliphatic carbocycles. The van der Waals surface area contributed by atoms with Crippen molar-refractivity contribution in [2.75, 3.05) is 13.2 Å². The average molecular weight is 183 g/mol. The summed E-state index contributed by atoms with van der Waals surface area (Å²) >= 11 is 0. The summed E-state index contributed by atoms with van der Waals surface area (Å²) in [6.07, 6.45) is -1.08. The van der Waals surface area contributed by atoms with Gasteiger partial charge < -0.3 is 10.5 Å². The summed E-state index contributed by atoms with van der Waals surface area (Å²) in [5, 5.41) is 0. The lowest BCUT2D eigenvalue weighted by Crippen LogP contribution is -2.22. The van der Waals surface area contributed by atoms with Crippen molar-refractivity contribution >= 4 is 0 Å². The van der Waals surface area contributed by atoms with E-state index in [1.165, 1.54) is 0 Å². The lowest BCUT2D eigenvalue weighted by molar-refractivity contribution is 0.201. The minimum absolute atomic E-state index is 0.00577. The second-order valence-electron chi connectivity index (χ2n) is 2.96. The van der Waals surface area contributed by atoms with E-state index in [2.05, 4.69) is 0 Å². The van der Waals surface area contributed by atoms with E-state index in [0.717, 1.165) is 5.56 Å². The number of nitrogens with two attached hydrogens (primary N) is 1. The van der Waals surface area contributed by atoms with Crippen molar-refractivity contribution in [2.45, 2.75) is 13.1 Å². The lowest BCUT2D eigenvalue weighted by Gasteiger charge is -2.08. The van der Waals surface area contributed by atoms with Crippen LogP contribution in [0.3, 0.4) is 0 Å². The van der Waals surface area contributed by atoms with Crippen LogP contribution in [0.1, 0.15) is 5.56 Å². The first-order chi connectivity index (χ1) is 6.22. The molecule has 1 aromatic carbocycles. The van der Waals surface area contributed by atoms with Crippen LogP contribution in [0.15, 0.2) is 24.3 Å². The third kappa shape index (κ3) is 3.42. The van der Waals surface area contributed by atoms with Gasteiger partial charge in [-0.15, -0.1) is 0 Å². The third-order valence-corrected chi connectivity index (χ3v) is 1.68. The highest BCUT2D eigenvalue weighted by molar-refractivity contribution is 5.27. The van der Waals surface area contributed by atoms with E-state index >= 15 is 0 Å². The van der Waals surface area contributed by atoms with Gasteiger partial charge in [0.15, 0.2) is 0 Å². The van der Waals surface area contributed by atoms with Crippen molar-refractivity contribution in [3.63, 3.8) is 0 Å². The normalized spacial score (nSPS) is 12.5. The summed E-state index contributed by atoms with van der Waals surface area (Å²) in [6.45, 7) is 1.99. The van der Waals surface area contributed by atoms with Gasteiger partial charge in [-0.05, 0) is 24.6 Å². The largest absolute Gasteiger partial charge is 0.491 e. The Morgan fingerprint density at radius 2 is 2.31 bits per heavy atom. The van der Waals surface area contributed by atoms with Crippen LogP contribution in [0.25, 0.3) is 0 Å². The van der Waals surface area contributed by atoms with Crippen LogP contribution in [-0.2, 0) is 0 Å². The van der Waals surface area contributed by atoms with Gasteiger partial charge in [0.25, 0.3) is 0 Å². The predicted molar refractivity (Wildman–Crippen MR) is 50.6 cm³/mol. The molecule has 0 aromatic heterocycles. The van der Waals surface area contributed by atoms with Gasteiger partial charge in [-0.1, -0.05) is 12.1 Å². The van der Waals surface area contributed by atoms with E-state index in [9.17, 15) is 4.39 Å². The molecule has 0 saturated heterocycles. The Labute approximate surface area is 77.5 Å². The second-order valence-corrected chi connectivity index (χ2v) is 2.96. The molecule has 0 amide bonds. The minimum Gasteiger partial charge on any atom is -0.491 e. The number of hydrogen-bond acceptors (Lipinski definition) is 2. The molecule has 0 aliphatic heterocycles. The van der Waals surface area contributed by atoms with Gasteiger partial charge in [-0.3, -0.25) is 0 Å². The molecule has 1 aromatic rings. The first-order valence-electron chi connectivity index (χ1n) is 4.26. The Hall–Kier alpha value is -1.09. The van der Waals surface area contributed by atoms with Gasteiger partial charge in [0.1, 0.15) is 18.5 Å². The molecule has 0 saturated carbocycles. The van der Waals surface area contributed by atoms with Crippen molar-refractivity contribution in [3.8, 4) is 5.75 Å². The molecule has 0 bridgehead atoms. The van der Waals surface area contributed by atoms with Crippen molar-refractivity contribution < 1.29 is 9.13 Å². The summed E-state index contributed by atoms with van der Waals surface area (Å²) in [6, 6.07) is 7.50. The number of halogens is 1. The topological polar surface area (TPSA) is 35.2 Å². The fourth-order valence-corrected chi connectivity index (χ4v) is 0.960. The molecule has 3 heteroatoms. The highest BCUT2D eigenvalue weighted by atomic mass is 19.1. The molecule has 0 fully saturated rings. The number of hydrogen-bond donors (Lipinski definition) is 1. The Balaban J connectivity index is 2.45. The van der Waals surface area contributed by atoms with Crippen molar-refractivity contribution in [3.05, 3.63) is 29.8 Å². The Morgan fingerprint density at radius 1 is 1.54 bits per heavy atom. The Morgan fingerprint density at radius 3 is 2.92 bits per heavy atom. The van der Waals surface area contributed by atoms with Crippen LogP contribution in [0, 0.1) is 6.92 Å². The molecule has 1 atom stereocenters. The summed E-state index contributed by atoms with van der Waals surface area (Å²) in [5.74, 6) is 0.691. The van der Waals surface area contributed by atoms with E-state index in [1.54, 1.807) is 6.07 Å². The van der Waals surface area contributed by atoms with E-state index in [4.69, 9.17) is 10.5 Å². The van der Waals surface area contributed by atoms with E-state index in [-0.39, 0.29) is 13.2 Å². The number of aryl methyl sites for hydroxylation is 1. The van der Waals surface area contributed by atoms with Crippen molar-refractivity contribution in [1.29, 1.82) is 0 Å². The molecule has 72 valence electrons. The van der Waals surface area contributed by atoms with Crippen LogP contribution in [-0.4, -0.2) is 19.3 Å². The summed E-state index contributed by atoms with van der Waals surface area (Å²) in [7, 11) is 0. The van der Waals surface area contributed by atoms with Gasteiger partial charge in [0.2, 0.25) is 0 Å². The van der Waals surface area contributed by atoms with Gasteiger partial charge in [0, 0.05) is 6.54 Å². The highest BCUT2D eigenvalue weighted by Crippen LogP contribution is 2.12. The summed E-state index contributed by atoms with van der Waals surface area (Å²) < 4.78 is 17.9. The van der Waals surface area contributed by atoms with Crippen molar-refractivity contribution in [2.24, 2.45) is 5.73 Å². The minimum atomic E-state index is -1.08. The quantitative estimate of drug-likeness (QED) is 0.770. The van der Waals surface area contributed by atoms with Crippen LogP contribution >= 0.6 is 0 Å². The molecule has 13 heavy (non-hydrogen) atoms.